The highest BCUT2D eigenvalue weighted by Gasteiger charge is 2.65. The molecule has 4 saturated carbocycles. The molecule has 4 fully saturated rings. The highest BCUT2D eigenvalue weighted by Crippen LogP contribution is 2.74. The summed E-state index contributed by atoms with van der Waals surface area (Å²) in [4.78, 5) is 0. The van der Waals surface area contributed by atoms with Gasteiger partial charge in [-0.15, -0.1) is 0 Å². The lowest BCUT2D eigenvalue weighted by atomic mass is 9.36. The van der Waals surface area contributed by atoms with Gasteiger partial charge < -0.3 is 5.11 Å². The Morgan fingerprint density at radius 3 is 2.13 bits per heavy atom. The summed E-state index contributed by atoms with van der Waals surface area (Å²) in [5.41, 5.74) is 5.32. The maximum Gasteiger partial charge on any atom is 0.0594 e. The Kier molecular flexibility index (Phi) is 4.53. The molecule has 0 heterocycles. The van der Waals surface area contributed by atoms with E-state index in [4.69, 9.17) is 0 Å². The van der Waals surface area contributed by atoms with Gasteiger partial charge in [0, 0.05) is 0 Å². The number of aliphatic hydroxyl groups excluding tert-OH is 1. The van der Waals surface area contributed by atoms with Gasteiger partial charge in [-0.1, -0.05) is 78.7 Å². The zero-order valence-electron chi connectivity index (χ0n) is 21.7. The Balaban J connectivity index is 1.63. The summed E-state index contributed by atoms with van der Waals surface area (Å²) in [6.07, 6.45) is 16.7. The van der Waals surface area contributed by atoms with Gasteiger partial charge >= 0.3 is 0 Å². The molecule has 1 N–H and O–H groups in total. The van der Waals surface area contributed by atoms with Crippen LogP contribution >= 0.6 is 0 Å². The number of aliphatic hydroxyl groups is 1. The van der Waals surface area contributed by atoms with E-state index in [1.165, 1.54) is 44.9 Å². The lowest BCUT2D eigenvalue weighted by Crippen LogP contribution is -2.60. The maximum atomic E-state index is 10.9. The topological polar surface area (TPSA) is 20.2 Å². The Morgan fingerprint density at radius 1 is 0.742 bits per heavy atom. The van der Waals surface area contributed by atoms with Crippen molar-refractivity contribution in [1.29, 1.82) is 0 Å². The van der Waals surface area contributed by atoms with E-state index in [2.05, 4.69) is 67.5 Å². The van der Waals surface area contributed by atoms with E-state index in [-0.39, 0.29) is 22.3 Å². The molecule has 0 aromatic rings. The largest absolute Gasteiger partial charge is 0.393 e. The van der Waals surface area contributed by atoms with Gasteiger partial charge in [0.05, 0.1) is 6.10 Å². The van der Waals surface area contributed by atoms with Crippen LogP contribution in [0.4, 0.5) is 0 Å². The molecule has 31 heavy (non-hydrogen) atoms. The third-order valence-electron chi connectivity index (χ3n) is 12.4. The predicted molar refractivity (Wildman–Crippen MR) is 131 cm³/mol. The first-order chi connectivity index (χ1) is 14.2. The zero-order chi connectivity index (χ0) is 22.7. The van der Waals surface area contributed by atoms with Gasteiger partial charge in [0.1, 0.15) is 0 Å². The summed E-state index contributed by atoms with van der Waals surface area (Å²) in [5.74, 6) is 1.34. The summed E-state index contributed by atoms with van der Waals surface area (Å²) in [6, 6.07) is 0. The Bertz CT molecular complexity index is 844. The average Bonchev–Trinajstić information content (AvgIpc) is 2.67. The van der Waals surface area contributed by atoms with Gasteiger partial charge in [-0.25, -0.2) is 0 Å². The van der Waals surface area contributed by atoms with Crippen LogP contribution in [0.5, 0.6) is 0 Å². The van der Waals surface area contributed by atoms with E-state index in [0.29, 0.717) is 22.2 Å². The molecule has 5 aliphatic carbocycles. The van der Waals surface area contributed by atoms with Crippen LogP contribution in [0.2, 0.25) is 0 Å². The molecule has 0 radical (unpaired) electrons. The van der Waals surface area contributed by atoms with Crippen LogP contribution in [0.3, 0.4) is 0 Å². The second-order valence-electron chi connectivity index (χ2n) is 14.8. The molecule has 0 spiro atoms. The fraction of sp³-hybridized carbons (Fsp3) is 0.867. The van der Waals surface area contributed by atoms with Crippen LogP contribution in [0.15, 0.2) is 23.3 Å². The summed E-state index contributed by atoms with van der Waals surface area (Å²) >= 11 is 0. The van der Waals surface area contributed by atoms with E-state index in [0.717, 1.165) is 18.8 Å². The first-order valence-electron chi connectivity index (χ1n) is 13.3. The van der Waals surface area contributed by atoms with Crippen LogP contribution in [0.25, 0.3) is 0 Å². The molecule has 5 aliphatic rings. The van der Waals surface area contributed by atoms with Crippen molar-refractivity contribution in [1.82, 2.24) is 0 Å². The third kappa shape index (κ3) is 2.71. The standard InChI is InChI=1S/C30H48O/c1-25(2)15-16-27(5)17-18-29(7)20(21(27)19-25)9-10-23-28(6)13-12-24(31)26(3,4)22(28)11-14-30(23,29)8/h9-10,21-22,24,31H,11-19H2,1-8H3/t21-,22?,24?,27-,28+,29-,30-/m1/s1. The molecular formula is C30H48O. The second kappa shape index (κ2) is 6.31. The fourth-order valence-electron chi connectivity index (χ4n) is 9.81. The van der Waals surface area contributed by atoms with Crippen molar-refractivity contribution in [3.05, 3.63) is 23.3 Å². The van der Waals surface area contributed by atoms with Crippen LogP contribution in [0, 0.1) is 44.3 Å². The normalized spacial score (nSPS) is 52.6. The number of allylic oxidation sites excluding steroid dienone is 4. The van der Waals surface area contributed by atoms with E-state index in [1.54, 1.807) is 11.1 Å². The van der Waals surface area contributed by atoms with E-state index >= 15 is 0 Å². The first kappa shape index (κ1) is 22.2. The molecule has 1 nitrogen and oxygen atoms in total. The van der Waals surface area contributed by atoms with Gasteiger partial charge in [-0.2, -0.15) is 0 Å². The van der Waals surface area contributed by atoms with Crippen molar-refractivity contribution in [2.24, 2.45) is 44.3 Å². The molecule has 1 heteroatoms. The fourth-order valence-corrected chi connectivity index (χ4v) is 9.81. The monoisotopic (exact) mass is 424 g/mol. The Hall–Kier alpha value is -0.560. The SMILES string of the molecule is CC1(C)CC[C@]2(C)CC[C@]3(C)C(=CC=C4[C@@]5(C)CCC(O)C(C)(C)C5CC[C@]43C)[C@H]2C1. The van der Waals surface area contributed by atoms with Crippen molar-refractivity contribution in [2.45, 2.75) is 119 Å². The Labute approximate surface area is 192 Å². The summed E-state index contributed by atoms with van der Waals surface area (Å²) in [7, 11) is 0. The molecule has 0 saturated heterocycles. The smallest absolute Gasteiger partial charge is 0.0594 e. The highest BCUT2D eigenvalue weighted by molar-refractivity contribution is 5.45. The van der Waals surface area contributed by atoms with Crippen molar-refractivity contribution >= 4 is 0 Å². The van der Waals surface area contributed by atoms with Crippen LogP contribution in [-0.4, -0.2) is 11.2 Å². The summed E-state index contributed by atoms with van der Waals surface area (Å²) < 4.78 is 0. The zero-order valence-corrected chi connectivity index (χ0v) is 21.7. The third-order valence-corrected chi connectivity index (χ3v) is 12.4. The van der Waals surface area contributed by atoms with E-state index in [1.807, 2.05) is 0 Å². The number of hydrogen-bond acceptors (Lipinski definition) is 1. The number of fused-ring (bicyclic) bond motifs is 7. The molecular weight excluding hydrogens is 376 g/mol. The minimum Gasteiger partial charge on any atom is -0.393 e. The van der Waals surface area contributed by atoms with Gasteiger partial charge in [0.25, 0.3) is 0 Å². The van der Waals surface area contributed by atoms with Crippen molar-refractivity contribution in [2.75, 3.05) is 0 Å². The molecule has 0 aromatic heterocycles. The molecule has 0 bridgehead atoms. The van der Waals surface area contributed by atoms with Gasteiger partial charge in [-0.05, 0) is 102 Å². The number of hydrogen-bond donors (Lipinski definition) is 1. The molecule has 0 aromatic carbocycles. The summed E-state index contributed by atoms with van der Waals surface area (Å²) in [6.45, 7) is 20.2. The average molecular weight is 425 g/mol. The lowest BCUT2D eigenvalue weighted by molar-refractivity contribution is -0.125. The van der Waals surface area contributed by atoms with E-state index in [9.17, 15) is 5.11 Å². The van der Waals surface area contributed by atoms with Gasteiger partial charge in [0.2, 0.25) is 0 Å². The maximum absolute atomic E-state index is 10.9. The molecule has 7 atom stereocenters. The highest BCUT2D eigenvalue weighted by atomic mass is 16.3. The predicted octanol–water partition coefficient (Wildman–Crippen LogP) is 8.09. The molecule has 5 rings (SSSR count). The van der Waals surface area contributed by atoms with Gasteiger partial charge in [-0.3, -0.25) is 0 Å². The molecule has 0 aliphatic heterocycles. The second-order valence-corrected chi connectivity index (χ2v) is 14.8. The van der Waals surface area contributed by atoms with Crippen LogP contribution in [-0.2, 0) is 0 Å². The molecule has 2 unspecified atom stereocenters. The van der Waals surface area contributed by atoms with Gasteiger partial charge in [0.15, 0.2) is 0 Å². The van der Waals surface area contributed by atoms with Crippen molar-refractivity contribution < 1.29 is 5.11 Å². The molecule has 0 amide bonds. The first-order valence-corrected chi connectivity index (χ1v) is 13.3. The van der Waals surface area contributed by atoms with Crippen LogP contribution in [0.1, 0.15) is 113 Å². The lowest BCUT2D eigenvalue weighted by Gasteiger charge is -2.68. The quantitative estimate of drug-likeness (QED) is 0.416. The summed E-state index contributed by atoms with van der Waals surface area (Å²) in [5, 5.41) is 10.9. The molecule has 174 valence electrons. The number of rotatable bonds is 0. The van der Waals surface area contributed by atoms with Crippen molar-refractivity contribution in [3.63, 3.8) is 0 Å². The van der Waals surface area contributed by atoms with Crippen molar-refractivity contribution in [3.8, 4) is 0 Å². The Morgan fingerprint density at radius 2 is 1.42 bits per heavy atom. The minimum atomic E-state index is -0.152. The minimum absolute atomic E-state index is 0.0125. The van der Waals surface area contributed by atoms with E-state index < -0.39 is 0 Å². The van der Waals surface area contributed by atoms with Crippen LogP contribution < -0.4 is 0 Å².